The number of hydrogen-bond donors (Lipinski definition) is 0. The number of carbonyl (C=O) groups excluding carboxylic acids is 1. The summed E-state index contributed by atoms with van der Waals surface area (Å²) in [6, 6.07) is 7.62. The maximum absolute atomic E-state index is 12.5. The van der Waals surface area contributed by atoms with Gasteiger partial charge in [-0.2, -0.15) is 0 Å². The average Bonchev–Trinajstić information content (AvgIpc) is 2.76. The summed E-state index contributed by atoms with van der Waals surface area (Å²) < 4.78 is 17.7. The Bertz CT molecular complexity index is 602. The van der Waals surface area contributed by atoms with Crippen molar-refractivity contribution in [3.8, 4) is 0 Å². The van der Waals surface area contributed by atoms with Crippen LogP contribution in [0.25, 0.3) is 0 Å². The first-order valence-electron chi connectivity index (χ1n) is 11.5. The Morgan fingerprint density at radius 1 is 1.03 bits per heavy atom. The third kappa shape index (κ3) is 6.80. The highest BCUT2D eigenvalue weighted by Crippen LogP contribution is 2.25. The number of nitrogens with zero attached hydrogens (tertiary/aromatic N) is 1. The number of unbranched alkanes of at least 4 members (excludes halogenated alkanes) is 2. The van der Waals surface area contributed by atoms with E-state index >= 15 is 0 Å². The second-order valence-corrected chi connectivity index (χ2v) is 8.34. The zero-order valence-electron chi connectivity index (χ0n) is 18.1. The molecule has 162 valence electrons. The molecule has 3 rings (SSSR count). The quantitative estimate of drug-likeness (QED) is 0.440. The van der Waals surface area contributed by atoms with Gasteiger partial charge in [-0.15, -0.1) is 0 Å². The van der Waals surface area contributed by atoms with E-state index in [1.165, 1.54) is 25.7 Å². The molecule has 2 aliphatic rings. The lowest BCUT2D eigenvalue weighted by atomic mass is 10.0. The van der Waals surface area contributed by atoms with Crippen molar-refractivity contribution >= 4 is 5.97 Å². The number of rotatable bonds is 9. The Hall–Kier alpha value is -1.43. The Labute approximate surface area is 175 Å². The van der Waals surface area contributed by atoms with Crippen molar-refractivity contribution in [2.45, 2.75) is 77.1 Å². The number of ether oxygens (including phenoxy) is 3. The molecule has 0 aliphatic carbocycles. The molecule has 29 heavy (non-hydrogen) atoms. The molecule has 2 fully saturated rings. The summed E-state index contributed by atoms with van der Waals surface area (Å²) in [6.45, 7) is 8.81. The van der Waals surface area contributed by atoms with Crippen LogP contribution in [0.2, 0.25) is 0 Å². The van der Waals surface area contributed by atoms with Gasteiger partial charge in [0.05, 0.1) is 24.9 Å². The lowest BCUT2D eigenvalue weighted by Crippen LogP contribution is -2.38. The van der Waals surface area contributed by atoms with Crippen molar-refractivity contribution < 1.29 is 19.0 Å². The predicted molar refractivity (Wildman–Crippen MR) is 114 cm³/mol. The van der Waals surface area contributed by atoms with Crippen LogP contribution in [-0.4, -0.2) is 55.9 Å². The van der Waals surface area contributed by atoms with Gasteiger partial charge in [0.1, 0.15) is 12.2 Å². The third-order valence-electron chi connectivity index (χ3n) is 5.96. The summed E-state index contributed by atoms with van der Waals surface area (Å²) in [4.78, 5) is 14.9. The van der Waals surface area contributed by atoms with E-state index in [0.717, 1.165) is 44.5 Å². The Kier molecular flexibility index (Phi) is 8.96. The van der Waals surface area contributed by atoms with E-state index in [4.69, 9.17) is 14.2 Å². The van der Waals surface area contributed by atoms with E-state index < -0.39 is 0 Å². The molecule has 2 heterocycles. The van der Waals surface area contributed by atoms with Crippen molar-refractivity contribution in [2.75, 3.05) is 32.8 Å². The largest absolute Gasteiger partial charge is 0.459 e. The zero-order chi connectivity index (χ0) is 20.5. The van der Waals surface area contributed by atoms with Crippen molar-refractivity contribution in [3.05, 3.63) is 35.4 Å². The van der Waals surface area contributed by atoms with Crippen LogP contribution in [-0.2, 0) is 14.2 Å². The van der Waals surface area contributed by atoms with Crippen molar-refractivity contribution in [2.24, 2.45) is 0 Å². The number of benzene rings is 1. The molecule has 0 bridgehead atoms. The fourth-order valence-electron chi connectivity index (χ4n) is 4.14. The van der Waals surface area contributed by atoms with Crippen LogP contribution >= 0.6 is 0 Å². The lowest BCUT2D eigenvalue weighted by Gasteiger charge is -2.31. The highest BCUT2D eigenvalue weighted by atomic mass is 16.6. The first kappa shape index (κ1) is 22.3. The summed E-state index contributed by atoms with van der Waals surface area (Å²) in [5, 5.41) is 0. The van der Waals surface area contributed by atoms with Gasteiger partial charge in [-0.25, -0.2) is 4.79 Å². The molecule has 2 aliphatic heterocycles. The average molecular weight is 404 g/mol. The van der Waals surface area contributed by atoms with Gasteiger partial charge in [-0.3, -0.25) is 0 Å². The first-order chi connectivity index (χ1) is 14.2. The normalized spacial score (nSPS) is 23.8. The van der Waals surface area contributed by atoms with Gasteiger partial charge in [0.15, 0.2) is 0 Å². The summed E-state index contributed by atoms with van der Waals surface area (Å²) in [5.41, 5.74) is 1.67. The second-order valence-electron chi connectivity index (χ2n) is 8.34. The van der Waals surface area contributed by atoms with E-state index in [0.29, 0.717) is 18.8 Å². The molecule has 2 atom stereocenters. The zero-order valence-corrected chi connectivity index (χ0v) is 18.1. The van der Waals surface area contributed by atoms with E-state index in [2.05, 4.69) is 18.7 Å². The van der Waals surface area contributed by atoms with Crippen LogP contribution in [0, 0.1) is 0 Å². The molecule has 1 aromatic rings. The molecule has 0 aromatic heterocycles. The molecule has 5 heteroatoms. The molecule has 2 saturated heterocycles. The fourth-order valence-corrected chi connectivity index (χ4v) is 4.14. The first-order valence-corrected chi connectivity index (χ1v) is 11.5. The second kappa shape index (κ2) is 11.7. The fraction of sp³-hybridized carbons (Fsp3) is 0.708. The molecule has 0 N–H and O–H groups in total. The highest BCUT2D eigenvalue weighted by molar-refractivity contribution is 5.89. The van der Waals surface area contributed by atoms with Crippen molar-refractivity contribution in [1.29, 1.82) is 0 Å². The Morgan fingerprint density at radius 2 is 1.79 bits per heavy atom. The number of hydrogen-bond acceptors (Lipinski definition) is 5. The summed E-state index contributed by atoms with van der Waals surface area (Å²) >= 11 is 0. The van der Waals surface area contributed by atoms with Gasteiger partial charge in [0, 0.05) is 13.1 Å². The van der Waals surface area contributed by atoms with E-state index in [-0.39, 0.29) is 24.3 Å². The summed E-state index contributed by atoms with van der Waals surface area (Å²) in [5.74, 6) is -0.220. The number of piperidine rings is 1. The molecule has 0 saturated carbocycles. The number of carbonyl (C=O) groups is 1. The van der Waals surface area contributed by atoms with E-state index in [1.54, 1.807) is 0 Å². The number of likely N-dealkylation sites (tertiary alicyclic amines) is 1. The maximum atomic E-state index is 12.5. The predicted octanol–water partition coefficient (Wildman–Crippen LogP) is 4.75. The van der Waals surface area contributed by atoms with Gasteiger partial charge in [0.2, 0.25) is 0 Å². The maximum Gasteiger partial charge on any atom is 0.338 e. The van der Waals surface area contributed by atoms with E-state index in [1.807, 2.05) is 24.3 Å². The lowest BCUT2D eigenvalue weighted by molar-refractivity contribution is -0.137. The minimum atomic E-state index is -0.220. The monoisotopic (exact) mass is 403 g/mol. The molecule has 0 unspecified atom stereocenters. The van der Waals surface area contributed by atoms with Gasteiger partial charge in [-0.05, 0) is 49.9 Å². The van der Waals surface area contributed by atoms with Crippen LogP contribution in [0.3, 0.4) is 0 Å². The van der Waals surface area contributed by atoms with Crippen molar-refractivity contribution in [3.63, 3.8) is 0 Å². The van der Waals surface area contributed by atoms with Crippen LogP contribution in [0.5, 0.6) is 0 Å². The van der Waals surface area contributed by atoms with Gasteiger partial charge >= 0.3 is 5.97 Å². The molecular formula is C24H37NO4. The third-order valence-corrected chi connectivity index (χ3v) is 5.96. The highest BCUT2D eigenvalue weighted by Gasteiger charge is 2.25. The van der Waals surface area contributed by atoms with Crippen LogP contribution in [0.4, 0.5) is 0 Å². The SMILES string of the molecule is CCCCC[C@H]1CO[C@H](c2ccc(C(=O)OC3CCN(CCC)CC3)cc2)CO1. The van der Waals surface area contributed by atoms with Crippen LogP contribution in [0.1, 0.15) is 80.8 Å². The minimum absolute atomic E-state index is 0.0370. The minimum Gasteiger partial charge on any atom is -0.459 e. The molecule has 5 nitrogen and oxygen atoms in total. The Morgan fingerprint density at radius 3 is 2.41 bits per heavy atom. The molecule has 0 spiro atoms. The summed E-state index contributed by atoms with van der Waals surface area (Å²) in [6.07, 6.45) is 7.98. The topological polar surface area (TPSA) is 48.0 Å². The number of esters is 1. The van der Waals surface area contributed by atoms with Crippen molar-refractivity contribution in [1.82, 2.24) is 4.90 Å². The smallest absolute Gasteiger partial charge is 0.338 e. The summed E-state index contributed by atoms with van der Waals surface area (Å²) in [7, 11) is 0. The molecule has 0 radical (unpaired) electrons. The van der Waals surface area contributed by atoms with Crippen LogP contribution < -0.4 is 0 Å². The van der Waals surface area contributed by atoms with Gasteiger partial charge in [0.25, 0.3) is 0 Å². The van der Waals surface area contributed by atoms with Gasteiger partial charge < -0.3 is 19.1 Å². The Balaban J connectivity index is 1.42. The standard InChI is InChI=1S/C24H37NO4/c1-3-5-6-7-22-17-28-23(18-27-22)19-8-10-20(11-9-19)24(26)29-21-12-15-25(14-4-2)16-13-21/h8-11,21-23H,3-7,12-18H2,1-2H3/t22-,23-/m0/s1. The molecule has 1 aromatic carbocycles. The van der Waals surface area contributed by atoms with Gasteiger partial charge in [-0.1, -0.05) is 45.2 Å². The van der Waals surface area contributed by atoms with Crippen LogP contribution in [0.15, 0.2) is 24.3 Å². The van der Waals surface area contributed by atoms with E-state index in [9.17, 15) is 4.79 Å². The molecular weight excluding hydrogens is 366 g/mol. The molecule has 0 amide bonds.